The van der Waals surface area contributed by atoms with Crippen LogP contribution in [0.4, 0.5) is 4.39 Å². The van der Waals surface area contributed by atoms with Crippen LogP contribution in [0.3, 0.4) is 0 Å². The van der Waals surface area contributed by atoms with E-state index in [-0.39, 0.29) is 11.8 Å². The molecule has 4 heterocycles. The van der Waals surface area contributed by atoms with Crippen LogP contribution in [0.5, 0.6) is 11.8 Å². The quantitative estimate of drug-likeness (QED) is 0.480. The van der Waals surface area contributed by atoms with Crippen LogP contribution >= 0.6 is 0 Å². The van der Waals surface area contributed by atoms with Crippen LogP contribution in [0.15, 0.2) is 36.9 Å². The lowest BCUT2D eigenvalue weighted by atomic mass is 10.1. The van der Waals surface area contributed by atoms with Gasteiger partial charge in [-0.3, -0.25) is 5.10 Å². The fourth-order valence-electron chi connectivity index (χ4n) is 3.36. The zero-order valence-corrected chi connectivity index (χ0v) is 15.7. The van der Waals surface area contributed by atoms with Crippen molar-refractivity contribution in [2.45, 2.75) is 20.3 Å². The van der Waals surface area contributed by atoms with Crippen molar-refractivity contribution < 1.29 is 9.13 Å². The van der Waals surface area contributed by atoms with Gasteiger partial charge in [0.2, 0.25) is 0 Å². The number of aryl methyl sites for hydroxylation is 2. The molecule has 8 nitrogen and oxygen atoms in total. The molecular weight excluding hydrogens is 373 g/mol. The van der Waals surface area contributed by atoms with E-state index in [4.69, 9.17) is 4.74 Å². The minimum absolute atomic E-state index is 0.131. The summed E-state index contributed by atoms with van der Waals surface area (Å²) in [5, 5.41) is 8.23. The summed E-state index contributed by atoms with van der Waals surface area (Å²) in [6.07, 6.45) is 7.17. The number of hydrogen-bond donors (Lipinski definition) is 2. The van der Waals surface area contributed by atoms with E-state index in [0.717, 1.165) is 22.0 Å². The Morgan fingerprint density at radius 2 is 1.93 bits per heavy atom. The van der Waals surface area contributed by atoms with Crippen LogP contribution in [-0.2, 0) is 6.42 Å². The second kappa shape index (κ2) is 6.62. The molecule has 5 aromatic rings. The van der Waals surface area contributed by atoms with Gasteiger partial charge in [-0.1, -0.05) is 6.92 Å². The highest BCUT2D eigenvalue weighted by Crippen LogP contribution is 2.36. The van der Waals surface area contributed by atoms with Gasteiger partial charge < -0.3 is 9.72 Å². The average molecular weight is 389 g/mol. The normalized spacial score (nSPS) is 11.4. The summed E-state index contributed by atoms with van der Waals surface area (Å²) in [7, 11) is 0. The van der Waals surface area contributed by atoms with Gasteiger partial charge in [-0.05, 0) is 31.0 Å². The molecule has 0 amide bonds. The number of benzene rings is 1. The maximum Gasteiger partial charge on any atom is 0.324 e. The minimum atomic E-state index is -0.300. The van der Waals surface area contributed by atoms with E-state index in [9.17, 15) is 4.39 Å². The third-order valence-electron chi connectivity index (χ3n) is 4.70. The number of rotatable bonds is 4. The average Bonchev–Trinajstić information content (AvgIpc) is 3.36. The monoisotopic (exact) mass is 389 g/mol. The Kier molecular flexibility index (Phi) is 3.94. The van der Waals surface area contributed by atoms with Crippen LogP contribution in [0, 0.1) is 12.7 Å². The molecule has 0 aliphatic rings. The largest absolute Gasteiger partial charge is 0.421 e. The predicted octanol–water partition coefficient (Wildman–Crippen LogP) is 4.09. The number of fused-ring (bicyclic) bond motifs is 3. The van der Waals surface area contributed by atoms with Crippen LogP contribution in [0.1, 0.15) is 18.3 Å². The number of aromatic amines is 2. The zero-order valence-electron chi connectivity index (χ0n) is 15.7. The molecule has 0 aliphatic heterocycles. The molecule has 0 spiro atoms. The first-order valence-electron chi connectivity index (χ1n) is 9.10. The number of H-pyrrole nitrogens is 2. The van der Waals surface area contributed by atoms with Gasteiger partial charge in [0.15, 0.2) is 5.75 Å². The highest BCUT2D eigenvalue weighted by Gasteiger charge is 2.19. The maximum absolute atomic E-state index is 14.3. The number of ether oxygens (including phenoxy) is 1. The van der Waals surface area contributed by atoms with Crippen molar-refractivity contribution in [1.29, 1.82) is 0 Å². The number of hydrogen-bond acceptors (Lipinski definition) is 6. The second-order valence-corrected chi connectivity index (χ2v) is 6.60. The molecule has 29 heavy (non-hydrogen) atoms. The molecule has 2 N–H and O–H groups in total. The van der Waals surface area contributed by atoms with Crippen LogP contribution in [-0.4, -0.2) is 35.1 Å². The second-order valence-electron chi connectivity index (χ2n) is 6.60. The summed E-state index contributed by atoms with van der Waals surface area (Å²) in [4.78, 5) is 20.6. The van der Waals surface area contributed by atoms with Crippen molar-refractivity contribution in [1.82, 2.24) is 35.1 Å². The fourth-order valence-corrected chi connectivity index (χ4v) is 3.36. The van der Waals surface area contributed by atoms with E-state index < -0.39 is 0 Å². The number of nitrogens with one attached hydrogen (secondary N) is 2. The molecule has 4 aromatic heterocycles. The van der Waals surface area contributed by atoms with Crippen molar-refractivity contribution in [3.05, 3.63) is 54.1 Å². The number of aromatic nitrogens is 7. The van der Waals surface area contributed by atoms with Gasteiger partial charge >= 0.3 is 6.01 Å². The van der Waals surface area contributed by atoms with E-state index in [1.807, 2.05) is 6.92 Å². The van der Waals surface area contributed by atoms with E-state index in [0.29, 0.717) is 34.7 Å². The lowest BCUT2D eigenvalue weighted by Crippen LogP contribution is -1.96. The first-order valence-corrected chi connectivity index (χ1v) is 9.10. The topological polar surface area (TPSA) is 105 Å². The third kappa shape index (κ3) is 2.96. The number of halogens is 1. The van der Waals surface area contributed by atoms with Crippen molar-refractivity contribution in [2.24, 2.45) is 0 Å². The Labute approximate surface area is 164 Å². The zero-order chi connectivity index (χ0) is 20.0. The van der Waals surface area contributed by atoms with E-state index in [1.54, 1.807) is 31.7 Å². The van der Waals surface area contributed by atoms with Gasteiger partial charge in [-0.2, -0.15) is 15.1 Å². The first-order chi connectivity index (χ1) is 14.1. The summed E-state index contributed by atoms with van der Waals surface area (Å²) in [6, 6.07) is 3.16. The Bertz CT molecular complexity index is 1330. The van der Waals surface area contributed by atoms with Crippen LogP contribution in [0.2, 0.25) is 0 Å². The van der Waals surface area contributed by atoms with Crippen molar-refractivity contribution in [3.8, 4) is 23.0 Å². The molecule has 0 atom stereocenters. The van der Waals surface area contributed by atoms with Gasteiger partial charge in [0, 0.05) is 17.1 Å². The van der Waals surface area contributed by atoms with E-state index in [1.165, 1.54) is 12.1 Å². The van der Waals surface area contributed by atoms with Gasteiger partial charge in [0.05, 0.1) is 35.2 Å². The first kappa shape index (κ1) is 17.2. The smallest absolute Gasteiger partial charge is 0.324 e. The predicted molar refractivity (Wildman–Crippen MR) is 105 cm³/mol. The third-order valence-corrected chi connectivity index (χ3v) is 4.70. The maximum atomic E-state index is 14.3. The summed E-state index contributed by atoms with van der Waals surface area (Å²) < 4.78 is 20.0. The molecule has 144 valence electrons. The molecule has 0 unspecified atom stereocenters. The molecule has 1 aromatic carbocycles. The van der Waals surface area contributed by atoms with Gasteiger partial charge in [-0.25, -0.2) is 14.4 Å². The van der Waals surface area contributed by atoms with Crippen LogP contribution < -0.4 is 4.74 Å². The molecule has 5 rings (SSSR count). The number of nitrogens with zero attached hydrogens (tertiary/aromatic N) is 5. The van der Waals surface area contributed by atoms with E-state index in [2.05, 4.69) is 35.1 Å². The summed E-state index contributed by atoms with van der Waals surface area (Å²) >= 11 is 0. The molecule has 0 radical (unpaired) electrons. The Hall–Kier alpha value is -3.88. The van der Waals surface area contributed by atoms with Crippen molar-refractivity contribution >= 4 is 21.9 Å². The summed E-state index contributed by atoms with van der Waals surface area (Å²) in [6.45, 7) is 3.77. The fraction of sp³-hybridized carbons (Fsp3) is 0.150. The summed E-state index contributed by atoms with van der Waals surface area (Å²) in [5.74, 6) is 0.757. The molecule has 0 fully saturated rings. The lowest BCUT2D eigenvalue weighted by molar-refractivity contribution is 0.440. The SMILES string of the molecule is CCc1cc(F)cc2c1[nH]c1nc(Oc3cnc(C)nc3)nc(-c3cn[nH]c3)c12. The standard InChI is InChI=1S/C20H16FN7O/c1-3-11-4-13(21)5-15-16-18(12-6-24-25-7-12)27-20(28-19(16)26-17(11)15)29-14-8-22-10(2)23-9-14/h4-9H,3H2,1-2H3,(H,24,25)(H,26,27,28). The molecule has 0 saturated carbocycles. The van der Waals surface area contributed by atoms with Gasteiger partial charge in [0.25, 0.3) is 0 Å². The van der Waals surface area contributed by atoms with Crippen molar-refractivity contribution in [3.63, 3.8) is 0 Å². The highest BCUT2D eigenvalue weighted by atomic mass is 19.1. The molecule has 0 saturated heterocycles. The minimum Gasteiger partial charge on any atom is -0.421 e. The molecule has 0 bridgehead atoms. The van der Waals surface area contributed by atoms with Crippen molar-refractivity contribution in [2.75, 3.05) is 0 Å². The van der Waals surface area contributed by atoms with Gasteiger partial charge in [0.1, 0.15) is 17.3 Å². The Balaban J connectivity index is 1.77. The molecule has 0 aliphatic carbocycles. The van der Waals surface area contributed by atoms with Gasteiger partial charge in [-0.15, -0.1) is 0 Å². The Morgan fingerprint density at radius 3 is 2.66 bits per heavy atom. The highest BCUT2D eigenvalue weighted by molar-refractivity contribution is 6.12. The molecule has 9 heteroatoms. The van der Waals surface area contributed by atoms with Crippen LogP contribution in [0.25, 0.3) is 33.2 Å². The molecular formula is C20H16FN7O. The Morgan fingerprint density at radius 1 is 1.10 bits per heavy atom. The lowest BCUT2D eigenvalue weighted by Gasteiger charge is -2.06. The van der Waals surface area contributed by atoms with E-state index >= 15 is 0 Å². The summed E-state index contributed by atoms with van der Waals surface area (Å²) in [5.41, 5.74) is 3.58.